The molecule has 2 fully saturated rings. The van der Waals surface area contributed by atoms with Gasteiger partial charge in [0.1, 0.15) is 0 Å². The molecule has 0 aliphatic heterocycles. The van der Waals surface area contributed by atoms with E-state index in [1.807, 2.05) is 0 Å². The van der Waals surface area contributed by atoms with E-state index in [1.54, 1.807) is 12.1 Å². The predicted octanol–water partition coefficient (Wildman–Crippen LogP) is 2.11. The number of nitrogens with one attached hydrogen (secondary N) is 2. The Bertz CT molecular complexity index is 711. The summed E-state index contributed by atoms with van der Waals surface area (Å²) in [5, 5.41) is 2.84. The maximum Gasteiger partial charge on any atom is 0.240 e. The van der Waals surface area contributed by atoms with E-state index in [0.29, 0.717) is 23.9 Å². The van der Waals surface area contributed by atoms with Gasteiger partial charge in [0.15, 0.2) is 0 Å². The fraction of sp³-hybridized carbons (Fsp3) is 0.588. The number of halogens is 1. The van der Waals surface area contributed by atoms with Gasteiger partial charge in [0.05, 0.1) is 4.90 Å². The number of carbonyl (C=O) groups is 1. The summed E-state index contributed by atoms with van der Waals surface area (Å²) < 4.78 is 26.6. The molecular formula is C17H26ClN3O3S. The van der Waals surface area contributed by atoms with Crippen molar-refractivity contribution in [3.05, 3.63) is 24.3 Å². The Morgan fingerprint density at radius 2 is 2.04 bits per heavy atom. The molecule has 0 radical (unpaired) electrons. The molecule has 3 rings (SSSR count). The van der Waals surface area contributed by atoms with Crippen LogP contribution in [0.15, 0.2) is 29.2 Å². The van der Waals surface area contributed by atoms with E-state index < -0.39 is 10.0 Å². The highest BCUT2D eigenvalue weighted by Gasteiger charge is 2.40. The second kappa shape index (κ2) is 8.49. The first-order valence-electron chi connectivity index (χ1n) is 8.57. The van der Waals surface area contributed by atoms with Crippen molar-refractivity contribution in [1.29, 1.82) is 0 Å². The van der Waals surface area contributed by atoms with Crippen LogP contribution in [0.3, 0.4) is 0 Å². The van der Waals surface area contributed by atoms with Gasteiger partial charge in [-0.2, -0.15) is 0 Å². The second-order valence-corrected chi connectivity index (χ2v) is 8.67. The fourth-order valence-corrected chi connectivity index (χ4v) is 5.19. The van der Waals surface area contributed by atoms with E-state index in [9.17, 15) is 13.2 Å². The van der Waals surface area contributed by atoms with Crippen LogP contribution in [-0.2, 0) is 14.8 Å². The Morgan fingerprint density at radius 1 is 1.24 bits per heavy atom. The van der Waals surface area contributed by atoms with Gasteiger partial charge in [-0.25, -0.2) is 13.1 Å². The smallest absolute Gasteiger partial charge is 0.240 e. The minimum absolute atomic E-state index is 0. The SMILES string of the molecule is Cl.NCCNS(=O)(=O)c1cccc(NC(=O)CC2CC3CCC2C3)c1. The summed E-state index contributed by atoms with van der Waals surface area (Å²) in [6.45, 7) is 0.419. The van der Waals surface area contributed by atoms with Crippen molar-refractivity contribution >= 4 is 34.0 Å². The fourth-order valence-electron chi connectivity index (χ4n) is 4.09. The summed E-state index contributed by atoms with van der Waals surface area (Å²) in [6.07, 6.45) is 5.54. The number of fused-ring (bicyclic) bond motifs is 2. The van der Waals surface area contributed by atoms with Crippen LogP contribution in [-0.4, -0.2) is 27.4 Å². The van der Waals surface area contributed by atoms with Crippen LogP contribution in [0.2, 0.25) is 0 Å². The van der Waals surface area contributed by atoms with Crippen molar-refractivity contribution in [3.63, 3.8) is 0 Å². The van der Waals surface area contributed by atoms with Crippen LogP contribution in [0.4, 0.5) is 5.69 Å². The summed E-state index contributed by atoms with van der Waals surface area (Å²) >= 11 is 0. The highest BCUT2D eigenvalue weighted by Crippen LogP contribution is 2.49. The Kier molecular flexibility index (Phi) is 6.85. The number of amides is 1. The van der Waals surface area contributed by atoms with Gasteiger partial charge in [0.25, 0.3) is 0 Å². The molecule has 2 bridgehead atoms. The van der Waals surface area contributed by atoms with Gasteiger partial charge in [-0.1, -0.05) is 12.5 Å². The molecule has 6 nitrogen and oxygen atoms in total. The standard InChI is InChI=1S/C17H25N3O3S.ClH/c18-6-7-19-24(22,23)16-3-1-2-15(11-16)20-17(21)10-14-9-12-4-5-13(14)8-12;/h1-3,11-14,19H,4-10,18H2,(H,20,21);1H. The van der Waals surface area contributed by atoms with Crippen LogP contribution in [0.5, 0.6) is 0 Å². The number of sulfonamides is 1. The average Bonchev–Trinajstić information content (AvgIpc) is 3.16. The van der Waals surface area contributed by atoms with Crippen molar-refractivity contribution in [2.24, 2.45) is 23.5 Å². The van der Waals surface area contributed by atoms with Gasteiger partial charge in [0, 0.05) is 25.2 Å². The first-order chi connectivity index (χ1) is 11.5. The van der Waals surface area contributed by atoms with Crippen LogP contribution in [0.1, 0.15) is 32.1 Å². The minimum Gasteiger partial charge on any atom is -0.329 e. The van der Waals surface area contributed by atoms with Crippen LogP contribution in [0, 0.1) is 17.8 Å². The van der Waals surface area contributed by atoms with E-state index in [-0.39, 0.29) is 36.3 Å². The van der Waals surface area contributed by atoms with E-state index in [0.717, 1.165) is 12.3 Å². The van der Waals surface area contributed by atoms with Crippen LogP contribution in [0.25, 0.3) is 0 Å². The molecule has 1 aromatic rings. The topological polar surface area (TPSA) is 101 Å². The molecule has 8 heteroatoms. The zero-order valence-corrected chi connectivity index (χ0v) is 15.7. The highest BCUT2D eigenvalue weighted by atomic mass is 35.5. The summed E-state index contributed by atoms with van der Waals surface area (Å²) in [5.41, 5.74) is 5.84. The third-order valence-electron chi connectivity index (χ3n) is 5.20. The minimum atomic E-state index is -3.59. The van der Waals surface area contributed by atoms with Crippen molar-refractivity contribution < 1.29 is 13.2 Å². The van der Waals surface area contributed by atoms with Crippen LogP contribution >= 0.6 is 12.4 Å². The summed E-state index contributed by atoms with van der Waals surface area (Å²) in [7, 11) is -3.59. The third kappa shape index (κ3) is 4.94. The maximum absolute atomic E-state index is 12.3. The summed E-state index contributed by atoms with van der Waals surface area (Å²) in [5.74, 6) is 1.97. The third-order valence-corrected chi connectivity index (χ3v) is 6.66. The lowest BCUT2D eigenvalue weighted by Gasteiger charge is -2.21. The molecule has 25 heavy (non-hydrogen) atoms. The van der Waals surface area contributed by atoms with Gasteiger partial charge in [-0.3, -0.25) is 4.79 Å². The molecule has 2 aliphatic carbocycles. The zero-order chi connectivity index (χ0) is 17.2. The molecule has 3 atom stereocenters. The number of rotatable bonds is 7. The highest BCUT2D eigenvalue weighted by molar-refractivity contribution is 7.89. The lowest BCUT2D eigenvalue weighted by atomic mass is 9.86. The average molecular weight is 388 g/mol. The van der Waals surface area contributed by atoms with Crippen molar-refractivity contribution in [2.45, 2.75) is 37.0 Å². The first kappa shape index (κ1) is 20.2. The molecule has 1 aromatic carbocycles. The molecule has 4 N–H and O–H groups in total. The van der Waals surface area contributed by atoms with E-state index in [2.05, 4.69) is 10.0 Å². The number of hydrogen-bond acceptors (Lipinski definition) is 4. The largest absolute Gasteiger partial charge is 0.329 e. The molecule has 1 amide bonds. The predicted molar refractivity (Wildman–Crippen MR) is 100 cm³/mol. The number of anilines is 1. The Balaban J connectivity index is 0.00000225. The van der Waals surface area contributed by atoms with E-state index in [4.69, 9.17) is 5.73 Å². The molecule has 0 aromatic heterocycles. The number of carbonyl (C=O) groups excluding carboxylic acids is 1. The van der Waals surface area contributed by atoms with Gasteiger partial charge >= 0.3 is 0 Å². The molecular weight excluding hydrogens is 362 g/mol. The molecule has 0 heterocycles. The Morgan fingerprint density at radius 3 is 2.68 bits per heavy atom. The van der Waals surface area contributed by atoms with Gasteiger partial charge in [-0.05, 0) is 55.2 Å². The Hall–Kier alpha value is -1.15. The van der Waals surface area contributed by atoms with E-state index in [1.165, 1.54) is 31.4 Å². The second-order valence-electron chi connectivity index (χ2n) is 6.90. The van der Waals surface area contributed by atoms with Crippen molar-refractivity contribution in [1.82, 2.24) is 4.72 Å². The summed E-state index contributed by atoms with van der Waals surface area (Å²) in [6, 6.07) is 6.33. The Labute approximate surface area is 155 Å². The van der Waals surface area contributed by atoms with Gasteiger partial charge in [0.2, 0.25) is 15.9 Å². The zero-order valence-electron chi connectivity index (χ0n) is 14.1. The summed E-state index contributed by atoms with van der Waals surface area (Å²) in [4.78, 5) is 12.4. The first-order valence-corrected chi connectivity index (χ1v) is 10.1. The number of nitrogens with two attached hydrogens (primary N) is 1. The van der Waals surface area contributed by atoms with Crippen molar-refractivity contribution in [3.8, 4) is 0 Å². The molecule has 0 spiro atoms. The quantitative estimate of drug-likeness (QED) is 0.666. The van der Waals surface area contributed by atoms with Crippen molar-refractivity contribution in [2.75, 3.05) is 18.4 Å². The lowest BCUT2D eigenvalue weighted by molar-refractivity contribution is -0.117. The normalized spacial score (nSPS) is 24.8. The molecule has 140 valence electrons. The maximum atomic E-state index is 12.3. The molecule has 0 saturated heterocycles. The van der Waals surface area contributed by atoms with Crippen LogP contribution < -0.4 is 15.8 Å². The lowest BCUT2D eigenvalue weighted by Crippen LogP contribution is -2.29. The van der Waals surface area contributed by atoms with Gasteiger partial charge < -0.3 is 11.1 Å². The van der Waals surface area contributed by atoms with E-state index >= 15 is 0 Å². The number of benzene rings is 1. The monoisotopic (exact) mass is 387 g/mol. The molecule has 2 aliphatic rings. The molecule has 3 unspecified atom stereocenters. The van der Waals surface area contributed by atoms with Gasteiger partial charge in [-0.15, -0.1) is 12.4 Å². The molecule has 2 saturated carbocycles. The number of hydrogen-bond donors (Lipinski definition) is 3.